The van der Waals surface area contributed by atoms with Crippen LogP contribution in [0.25, 0.3) is 11.3 Å². The Kier molecular flexibility index (Phi) is 9.98. The van der Waals surface area contributed by atoms with Gasteiger partial charge in [0, 0.05) is 66.1 Å². The zero-order valence-electron chi connectivity index (χ0n) is 26.2. The fourth-order valence-electron chi connectivity index (χ4n) is 5.29. The molecule has 2 N–H and O–H groups in total. The van der Waals surface area contributed by atoms with Gasteiger partial charge in [0.1, 0.15) is 16.7 Å². The van der Waals surface area contributed by atoms with Crippen LogP contribution in [0, 0.1) is 5.82 Å². The Balaban J connectivity index is 1.31. The molecular weight excluding hydrogens is 617 g/mol. The normalized spacial score (nSPS) is 19.0. The minimum absolute atomic E-state index is 0.0906. The van der Waals surface area contributed by atoms with Crippen molar-refractivity contribution in [3.8, 4) is 11.3 Å². The second-order valence-corrected chi connectivity index (χ2v) is 19.4. The highest BCUT2D eigenvalue weighted by molar-refractivity contribution is 7.99. The minimum atomic E-state index is -1.89. The van der Waals surface area contributed by atoms with Gasteiger partial charge in [-0.1, -0.05) is 32.4 Å². The van der Waals surface area contributed by atoms with Crippen molar-refractivity contribution < 1.29 is 13.6 Å². The molecule has 2 aliphatic rings. The molecule has 1 aromatic carbocycles. The highest BCUT2D eigenvalue weighted by Crippen LogP contribution is 2.37. The summed E-state index contributed by atoms with van der Waals surface area (Å²) < 4.78 is 21.1. The quantitative estimate of drug-likeness (QED) is 0.136. The van der Waals surface area contributed by atoms with Gasteiger partial charge in [-0.2, -0.15) is 0 Å². The van der Waals surface area contributed by atoms with Crippen LogP contribution in [0.2, 0.25) is 23.2 Å². The summed E-state index contributed by atoms with van der Waals surface area (Å²) in [7, 11) is 0.256. The molecule has 5 rings (SSSR count). The van der Waals surface area contributed by atoms with Gasteiger partial charge in [0.25, 0.3) is 0 Å². The van der Waals surface area contributed by atoms with E-state index in [1.54, 1.807) is 24.4 Å². The number of rotatable bonds is 11. The molecule has 2 aromatic heterocycles. The van der Waals surface area contributed by atoms with Crippen molar-refractivity contribution in [3.05, 3.63) is 53.4 Å². The second kappa shape index (κ2) is 13.4. The highest BCUT2D eigenvalue weighted by atomic mass is 35.5. The van der Waals surface area contributed by atoms with Gasteiger partial charge in [-0.05, 0) is 61.9 Å². The van der Waals surface area contributed by atoms with Gasteiger partial charge >= 0.3 is 0 Å². The van der Waals surface area contributed by atoms with E-state index in [1.165, 1.54) is 30.0 Å². The summed E-state index contributed by atoms with van der Waals surface area (Å²) in [5.74, 6) is 0.588. The zero-order valence-corrected chi connectivity index (χ0v) is 28.7. The van der Waals surface area contributed by atoms with Gasteiger partial charge in [-0.25, -0.2) is 9.37 Å². The maximum absolute atomic E-state index is 14.7. The topological polar surface area (TPSA) is 95.5 Å². The number of fused-ring (bicyclic) bond motifs is 2. The Morgan fingerprint density at radius 1 is 1.16 bits per heavy atom. The molecule has 0 spiro atoms. The molecule has 2 atom stereocenters. The number of piperazine rings is 1. The van der Waals surface area contributed by atoms with E-state index in [-0.39, 0.29) is 16.5 Å². The third-order valence-corrected chi connectivity index (χ3v) is 14.6. The predicted octanol–water partition coefficient (Wildman–Crippen LogP) is 6.52. The van der Waals surface area contributed by atoms with E-state index < -0.39 is 14.1 Å². The van der Waals surface area contributed by atoms with E-state index in [4.69, 9.17) is 16.0 Å². The van der Waals surface area contributed by atoms with Gasteiger partial charge in [-0.15, -0.1) is 22.0 Å². The van der Waals surface area contributed by atoms with Crippen LogP contribution >= 0.6 is 23.4 Å². The van der Waals surface area contributed by atoms with E-state index in [2.05, 4.69) is 76.5 Å². The lowest BCUT2D eigenvalue weighted by atomic mass is 10.1. The second-order valence-electron chi connectivity index (χ2n) is 13.0. The van der Waals surface area contributed by atoms with E-state index >= 15 is 0 Å². The monoisotopic (exact) mass is 657 g/mol. The molecule has 0 saturated carbocycles. The number of anilines is 3. The van der Waals surface area contributed by atoms with Crippen molar-refractivity contribution in [1.29, 1.82) is 0 Å². The molecule has 2 fully saturated rings. The molecule has 13 heteroatoms. The first-order chi connectivity index (χ1) is 20.8. The summed E-state index contributed by atoms with van der Waals surface area (Å²) in [5, 5.41) is 16.3. The fourth-order valence-corrected chi connectivity index (χ4v) is 7.38. The predicted molar refractivity (Wildman–Crippen MR) is 179 cm³/mol. The number of hydrogen-bond acceptors (Lipinski definition) is 9. The molecule has 0 unspecified atom stereocenters. The molecule has 9 nitrogen and oxygen atoms in total. The first-order valence-electron chi connectivity index (χ1n) is 14.9. The molecule has 44 heavy (non-hydrogen) atoms. The lowest BCUT2D eigenvalue weighted by Gasteiger charge is -2.36. The Labute approximate surface area is 269 Å². The summed E-state index contributed by atoms with van der Waals surface area (Å²) in [5.41, 5.74) is 1.95. The van der Waals surface area contributed by atoms with E-state index in [0.29, 0.717) is 63.9 Å². The van der Waals surface area contributed by atoms with Crippen LogP contribution in [0.3, 0.4) is 0 Å². The van der Waals surface area contributed by atoms with Gasteiger partial charge in [-0.3, -0.25) is 9.69 Å². The van der Waals surface area contributed by atoms with E-state index in [0.717, 1.165) is 19.5 Å². The van der Waals surface area contributed by atoms with Crippen LogP contribution in [-0.2, 0) is 9.22 Å². The highest BCUT2D eigenvalue weighted by Gasteiger charge is 2.41. The number of hydrogen-bond donors (Lipinski definition) is 2. The maximum Gasteiger partial charge on any atom is 0.239 e. The standard InChI is InChI=1S/C31H41ClFN7O2SSi/c1-31(2,3)44(5,6)42-11-12-43-30-27(16-26(37-38-30)24-13-20(32)7-8-25(24)33)35-21-9-10-34-28(14-21)36-29(41)19-40-18-22-15-23(40)17-39(22)4/h7-10,13-14,16,22-23H,11-12,15,17-19H2,1-6H3,(H2,34,35,36,37,41)/t22-,23-/m0/s1. The SMILES string of the molecule is CN1C[C@@H]2C[C@H]1CN2CC(=O)Nc1cc(Nc2cc(-c3cc(Cl)ccc3F)nnc2SCCO[Si](C)(C)C(C)(C)C)ccn1. The minimum Gasteiger partial charge on any atom is -0.416 e. The zero-order chi connectivity index (χ0) is 31.6. The summed E-state index contributed by atoms with van der Waals surface area (Å²) >= 11 is 7.68. The average Bonchev–Trinajstić information content (AvgIpc) is 3.51. The lowest BCUT2D eigenvalue weighted by Crippen LogP contribution is -2.47. The van der Waals surface area contributed by atoms with Crippen LogP contribution in [-0.4, -0.2) is 90.3 Å². The number of carbonyl (C=O) groups excluding carboxylic acids is 1. The van der Waals surface area contributed by atoms with Gasteiger partial charge < -0.3 is 20.0 Å². The first-order valence-corrected chi connectivity index (χ1v) is 19.1. The summed E-state index contributed by atoms with van der Waals surface area (Å²) in [6.45, 7) is 13.9. The summed E-state index contributed by atoms with van der Waals surface area (Å²) in [4.78, 5) is 21.9. The van der Waals surface area contributed by atoms with Crippen LogP contribution in [0.1, 0.15) is 27.2 Å². The molecule has 236 valence electrons. The average molecular weight is 658 g/mol. The number of thioether (sulfide) groups is 1. The fraction of sp³-hybridized carbons (Fsp3) is 0.484. The lowest BCUT2D eigenvalue weighted by molar-refractivity contribution is -0.117. The Morgan fingerprint density at radius 2 is 1.95 bits per heavy atom. The number of nitrogens with zero attached hydrogens (tertiary/aromatic N) is 5. The number of amides is 1. The number of halogens is 2. The molecular formula is C31H41ClFN7O2SSi. The van der Waals surface area contributed by atoms with Gasteiger partial charge in [0.2, 0.25) is 5.91 Å². The Bertz CT molecular complexity index is 1510. The number of aromatic nitrogens is 3. The van der Waals surface area contributed by atoms with E-state index in [9.17, 15) is 9.18 Å². The molecule has 2 saturated heterocycles. The van der Waals surface area contributed by atoms with Crippen molar-refractivity contribution in [2.45, 2.75) is 62.4 Å². The van der Waals surface area contributed by atoms with Crippen molar-refractivity contribution in [3.63, 3.8) is 0 Å². The van der Waals surface area contributed by atoms with E-state index in [1.807, 2.05) is 0 Å². The molecule has 0 radical (unpaired) electrons. The summed E-state index contributed by atoms with van der Waals surface area (Å²) in [6, 6.07) is 10.7. The number of likely N-dealkylation sites (tertiary alicyclic amines) is 2. The number of pyridine rings is 1. The van der Waals surface area contributed by atoms with Crippen molar-refractivity contribution >= 4 is 54.8 Å². The Hall–Kier alpha value is -2.61. The number of nitrogens with one attached hydrogen (secondary N) is 2. The van der Waals surface area contributed by atoms with Gasteiger partial charge in [0.15, 0.2) is 8.32 Å². The van der Waals surface area contributed by atoms with Crippen molar-refractivity contribution in [2.24, 2.45) is 0 Å². The number of benzene rings is 1. The molecule has 0 aliphatic carbocycles. The van der Waals surface area contributed by atoms with Crippen LogP contribution in [0.4, 0.5) is 21.6 Å². The smallest absolute Gasteiger partial charge is 0.239 e. The third kappa shape index (κ3) is 7.78. The van der Waals surface area contributed by atoms with Crippen molar-refractivity contribution in [2.75, 3.05) is 49.7 Å². The Morgan fingerprint density at radius 3 is 2.66 bits per heavy atom. The first kappa shape index (κ1) is 32.8. The van der Waals surface area contributed by atoms with Crippen LogP contribution in [0.5, 0.6) is 0 Å². The third-order valence-electron chi connectivity index (χ3n) is 8.84. The van der Waals surface area contributed by atoms with Crippen LogP contribution in [0.15, 0.2) is 47.6 Å². The molecule has 2 aliphatic heterocycles. The number of likely N-dealkylation sites (N-methyl/N-ethyl adjacent to an activating group) is 1. The molecule has 2 bridgehead atoms. The molecule has 3 aromatic rings. The number of carbonyl (C=O) groups is 1. The molecule has 1 amide bonds. The van der Waals surface area contributed by atoms with Crippen LogP contribution < -0.4 is 10.6 Å². The largest absolute Gasteiger partial charge is 0.416 e. The van der Waals surface area contributed by atoms with Gasteiger partial charge in [0.05, 0.1) is 17.9 Å². The van der Waals surface area contributed by atoms with Crippen molar-refractivity contribution in [1.82, 2.24) is 25.0 Å². The summed E-state index contributed by atoms with van der Waals surface area (Å²) in [6.07, 6.45) is 2.75. The maximum atomic E-state index is 14.7. The molecule has 4 heterocycles.